The second kappa shape index (κ2) is 7.50. The fourth-order valence-electron chi connectivity index (χ4n) is 7.86. The predicted molar refractivity (Wildman–Crippen MR) is 157 cm³/mol. The third-order valence-corrected chi connectivity index (χ3v) is 9.72. The van der Waals surface area contributed by atoms with Gasteiger partial charge in [0.25, 0.3) is 0 Å². The molecular weight excluding hydrogens is 480 g/mol. The third-order valence-electron chi connectivity index (χ3n) is 9.72. The third kappa shape index (κ3) is 2.52. The first kappa shape index (κ1) is 22.4. The van der Waals surface area contributed by atoms with Crippen molar-refractivity contribution >= 4 is 34.3 Å². The fourth-order valence-corrected chi connectivity index (χ4v) is 7.86. The first-order valence-corrected chi connectivity index (χ1v) is 13.5. The summed E-state index contributed by atoms with van der Waals surface area (Å²) in [5.41, 5.74) is 6.17. The van der Waals surface area contributed by atoms with Crippen LogP contribution in [0.1, 0.15) is 25.0 Å². The Labute approximate surface area is 229 Å². The second-order valence-corrected chi connectivity index (χ2v) is 11.3. The molecule has 6 heteroatoms. The van der Waals surface area contributed by atoms with E-state index in [2.05, 4.69) is 132 Å². The monoisotopic (exact) mass is 510 g/mol. The molecule has 3 aromatic carbocycles. The molecule has 4 atom stereocenters. The van der Waals surface area contributed by atoms with Crippen molar-refractivity contribution in [2.24, 2.45) is 5.41 Å². The van der Waals surface area contributed by atoms with Gasteiger partial charge in [-0.1, -0.05) is 75.0 Å². The molecule has 192 valence electrons. The van der Waals surface area contributed by atoms with Crippen molar-refractivity contribution in [2.45, 2.75) is 31.6 Å². The van der Waals surface area contributed by atoms with E-state index >= 15 is 0 Å². The smallest absolute Gasteiger partial charge is 0.178 e. The van der Waals surface area contributed by atoms with E-state index < -0.39 is 10.8 Å². The number of fused-ring (bicyclic) bond motifs is 12. The molecule has 4 aliphatic rings. The Kier molecular flexibility index (Phi) is 4.31. The van der Waals surface area contributed by atoms with E-state index in [1.54, 1.807) is 12.4 Å². The van der Waals surface area contributed by atoms with E-state index in [0.717, 1.165) is 28.6 Å². The van der Waals surface area contributed by atoms with Crippen molar-refractivity contribution in [3.8, 4) is 0 Å². The Hall–Kier alpha value is -4.58. The van der Waals surface area contributed by atoms with Crippen LogP contribution in [-0.4, -0.2) is 34.2 Å². The van der Waals surface area contributed by atoms with Gasteiger partial charge in [0.15, 0.2) is 11.6 Å². The molecular formula is C33H30N6. The van der Waals surface area contributed by atoms with Crippen LogP contribution in [0.25, 0.3) is 5.57 Å². The van der Waals surface area contributed by atoms with Crippen molar-refractivity contribution in [3.05, 3.63) is 121 Å². The van der Waals surface area contributed by atoms with E-state index in [1.807, 2.05) is 0 Å². The Morgan fingerprint density at radius 2 is 1.36 bits per heavy atom. The van der Waals surface area contributed by atoms with Crippen LogP contribution < -0.4 is 14.7 Å². The quantitative estimate of drug-likeness (QED) is 0.286. The van der Waals surface area contributed by atoms with Crippen molar-refractivity contribution in [1.82, 2.24) is 14.9 Å². The first-order valence-electron chi connectivity index (χ1n) is 13.5. The molecule has 0 aliphatic carbocycles. The summed E-state index contributed by atoms with van der Waals surface area (Å²) >= 11 is 0. The number of aromatic nitrogens is 2. The lowest BCUT2D eigenvalue weighted by Gasteiger charge is -2.62. The summed E-state index contributed by atoms with van der Waals surface area (Å²) < 4.78 is 0. The van der Waals surface area contributed by atoms with Gasteiger partial charge in [0.1, 0.15) is 12.3 Å². The van der Waals surface area contributed by atoms with Gasteiger partial charge in [-0.3, -0.25) is 0 Å². The molecule has 0 amide bonds. The number of hydrogen-bond donors (Lipinski definition) is 0. The molecule has 4 unspecified atom stereocenters. The number of rotatable bonds is 1. The van der Waals surface area contributed by atoms with E-state index in [4.69, 9.17) is 16.5 Å². The van der Waals surface area contributed by atoms with Crippen LogP contribution in [0.5, 0.6) is 0 Å². The minimum atomic E-state index is -0.435. The van der Waals surface area contributed by atoms with E-state index in [1.165, 1.54) is 16.8 Å². The molecule has 1 aromatic heterocycles. The zero-order chi connectivity index (χ0) is 26.5. The number of allylic oxidation sites excluding steroid dienone is 1. The number of hydrogen-bond acceptors (Lipinski definition) is 6. The first-order chi connectivity index (χ1) is 19.0. The Bertz CT molecular complexity index is 1680. The van der Waals surface area contributed by atoms with Crippen LogP contribution in [0.3, 0.4) is 0 Å². The largest absolute Gasteiger partial charge is 0.358 e. The second-order valence-electron chi connectivity index (χ2n) is 11.3. The van der Waals surface area contributed by atoms with Crippen LogP contribution in [0.2, 0.25) is 0 Å². The Morgan fingerprint density at radius 1 is 0.718 bits per heavy atom. The number of anilines is 5. The lowest BCUT2D eigenvalue weighted by molar-refractivity contribution is 0.0582. The highest BCUT2D eigenvalue weighted by Gasteiger charge is 2.69. The highest BCUT2D eigenvalue weighted by Crippen LogP contribution is 2.68. The van der Waals surface area contributed by atoms with E-state index in [-0.39, 0.29) is 12.3 Å². The molecule has 5 heterocycles. The molecule has 4 aromatic rings. The summed E-state index contributed by atoms with van der Waals surface area (Å²) in [6.45, 7) is 9.74. The predicted octanol–water partition coefficient (Wildman–Crippen LogP) is 6.65. The molecule has 6 nitrogen and oxygen atoms in total. The molecule has 8 rings (SSSR count). The van der Waals surface area contributed by atoms with Gasteiger partial charge in [0, 0.05) is 54.2 Å². The zero-order valence-corrected chi connectivity index (χ0v) is 22.4. The highest BCUT2D eigenvalue weighted by atomic mass is 15.5. The molecule has 0 fully saturated rings. The summed E-state index contributed by atoms with van der Waals surface area (Å²) in [6, 6.07) is 28.2. The molecule has 0 radical (unpaired) electrons. The summed E-state index contributed by atoms with van der Waals surface area (Å²) in [7, 11) is 2.19. The lowest BCUT2D eigenvalue weighted by atomic mass is 9.52. The summed E-state index contributed by atoms with van der Waals surface area (Å²) in [6.07, 6.45) is 7.92. The highest BCUT2D eigenvalue weighted by molar-refractivity contribution is 5.93. The standard InChI is InChI=1S/C33H30N6/c1-22-24-14-8-10-16-26(24)37-21-20-36(4)30(37)33(3)31-38(23-12-6-5-7-13-23)28-29(35-19-18-34-28)39(31)27-17-11-9-15-25(27)32(22,33)2/h5-21,30-31H,1H2,2-4H3. The van der Waals surface area contributed by atoms with Crippen molar-refractivity contribution < 1.29 is 0 Å². The van der Waals surface area contributed by atoms with Crippen LogP contribution in [0.15, 0.2) is 110 Å². The molecule has 39 heavy (non-hydrogen) atoms. The maximum Gasteiger partial charge on any atom is 0.178 e. The van der Waals surface area contributed by atoms with Gasteiger partial charge in [0.2, 0.25) is 0 Å². The molecule has 4 aliphatic heterocycles. The van der Waals surface area contributed by atoms with Gasteiger partial charge < -0.3 is 19.6 Å². The minimum absolute atomic E-state index is 0.00396. The average molecular weight is 511 g/mol. The van der Waals surface area contributed by atoms with Gasteiger partial charge in [0.05, 0.1) is 11.1 Å². The maximum atomic E-state index is 4.95. The number of para-hydroxylation sites is 3. The van der Waals surface area contributed by atoms with E-state index in [9.17, 15) is 0 Å². The van der Waals surface area contributed by atoms with Gasteiger partial charge in [-0.2, -0.15) is 0 Å². The average Bonchev–Trinajstić information content (AvgIpc) is 3.53. The summed E-state index contributed by atoms with van der Waals surface area (Å²) in [5.74, 6) is 1.76. The van der Waals surface area contributed by atoms with Crippen LogP contribution in [0.4, 0.5) is 28.7 Å². The van der Waals surface area contributed by atoms with Crippen molar-refractivity contribution in [1.29, 1.82) is 0 Å². The molecule has 0 saturated carbocycles. The zero-order valence-electron chi connectivity index (χ0n) is 22.4. The Morgan fingerprint density at radius 3 is 2.13 bits per heavy atom. The number of benzene rings is 3. The summed E-state index contributed by atoms with van der Waals surface area (Å²) in [5, 5.41) is 0. The lowest BCUT2D eigenvalue weighted by Crippen LogP contribution is -2.70. The van der Waals surface area contributed by atoms with Gasteiger partial charge in [-0.15, -0.1) is 0 Å². The summed E-state index contributed by atoms with van der Waals surface area (Å²) in [4.78, 5) is 19.6. The van der Waals surface area contributed by atoms with Crippen molar-refractivity contribution in [2.75, 3.05) is 21.7 Å². The van der Waals surface area contributed by atoms with Crippen LogP contribution >= 0.6 is 0 Å². The fraction of sp³-hybridized carbons (Fsp3) is 0.212. The van der Waals surface area contributed by atoms with Crippen LogP contribution in [-0.2, 0) is 5.41 Å². The van der Waals surface area contributed by atoms with Crippen LogP contribution in [0, 0.1) is 5.41 Å². The van der Waals surface area contributed by atoms with E-state index in [0.29, 0.717) is 0 Å². The molecule has 0 bridgehead atoms. The molecule has 0 saturated heterocycles. The van der Waals surface area contributed by atoms with Gasteiger partial charge in [-0.25, -0.2) is 9.97 Å². The molecule has 0 N–H and O–H groups in total. The van der Waals surface area contributed by atoms with Gasteiger partial charge >= 0.3 is 0 Å². The number of nitrogens with zero attached hydrogens (tertiary/aromatic N) is 6. The normalized spacial score (nSPS) is 27.8. The van der Waals surface area contributed by atoms with Gasteiger partial charge in [-0.05, 0) is 35.4 Å². The molecule has 0 spiro atoms. The topological polar surface area (TPSA) is 38.7 Å². The minimum Gasteiger partial charge on any atom is -0.358 e. The maximum absolute atomic E-state index is 4.95. The van der Waals surface area contributed by atoms with Crippen molar-refractivity contribution in [3.63, 3.8) is 0 Å². The SMILES string of the molecule is C=C1c2ccccc2N2C=CN(C)C2C2(C)C3N(c4ccccc4)c4nccnc4N3c3ccccc3C12C. The Balaban J connectivity index is 1.52.